The summed E-state index contributed by atoms with van der Waals surface area (Å²) >= 11 is 0. The molecule has 5 nitrogen and oxygen atoms in total. The lowest BCUT2D eigenvalue weighted by atomic mass is 10.2. The molecule has 0 unspecified atom stereocenters. The highest BCUT2D eigenvalue weighted by molar-refractivity contribution is 5.89. The van der Waals surface area contributed by atoms with Crippen LogP contribution in [0.25, 0.3) is 22.5 Å². The van der Waals surface area contributed by atoms with E-state index in [-0.39, 0.29) is 5.82 Å². The Morgan fingerprint density at radius 3 is 2.64 bits per heavy atom. The fourth-order valence-electron chi connectivity index (χ4n) is 2.66. The minimum absolute atomic E-state index is 0.241. The molecule has 3 aromatic heterocycles. The van der Waals surface area contributed by atoms with Crippen molar-refractivity contribution in [1.82, 2.24) is 15.1 Å². The van der Waals surface area contributed by atoms with E-state index in [2.05, 4.69) is 15.1 Å². The fraction of sp³-hybridized carbons (Fsp3) is 0.105. The Morgan fingerprint density at radius 1 is 1.04 bits per heavy atom. The summed E-state index contributed by atoms with van der Waals surface area (Å²) in [7, 11) is 1.92. The molecule has 0 radical (unpaired) electrons. The summed E-state index contributed by atoms with van der Waals surface area (Å²) in [4.78, 5) is 10.8. The summed E-state index contributed by atoms with van der Waals surface area (Å²) in [5.41, 5.74) is 2.88. The molecule has 4 rings (SSSR count). The maximum atomic E-state index is 13.0. The molecule has 0 fully saturated rings. The van der Waals surface area contributed by atoms with Gasteiger partial charge in [-0.25, -0.2) is 4.39 Å². The van der Waals surface area contributed by atoms with Crippen LogP contribution in [0.15, 0.2) is 65.3 Å². The van der Waals surface area contributed by atoms with Crippen LogP contribution >= 0.6 is 0 Å². The maximum absolute atomic E-state index is 13.0. The van der Waals surface area contributed by atoms with Gasteiger partial charge in [0.1, 0.15) is 17.3 Å². The van der Waals surface area contributed by atoms with Gasteiger partial charge >= 0.3 is 0 Å². The SMILES string of the molecule is CN(Cc1ccc(F)cc1)c1ccc2c(-c3ccccn3)noc2n1. The van der Waals surface area contributed by atoms with Gasteiger partial charge in [0.15, 0.2) is 0 Å². The molecule has 0 amide bonds. The van der Waals surface area contributed by atoms with Crippen LogP contribution in [0, 0.1) is 5.82 Å². The van der Waals surface area contributed by atoms with E-state index >= 15 is 0 Å². The maximum Gasteiger partial charge on any atom is 0.260 e. The fourth-order valence-corrected chi connectivity index (χ4v) is 2.66. The van der Waals surface area contributed by atoms with E-state index in [1.165, 1.54) is 12.1 Å². The van der Waals surface area contributed by atoms with Gasteiger partial charge in [0.05, 0.1) is 11.1 Å². The van der Waals surface area contributed by atoms with Gasteiger partial charge in [-0.2, -0.15) is 4.98 Å². The van der Waals surface area contributed by atoms with E-state index < -0.39 is 0 Å². The summed E-state index contributed by atoms with van der Waals surface area (Å²) < 4.78 is 18.4. The molecule has 0 spiro atoms. The molecule has 0 saturated heterocycles. The van der Waals surface area contributed by atoms with Crippen LogP contribution in [0.3, 0.4) is 0 Å². The molecular weight excluding hydrogens is 319 g/mol. The van der Waals surface area contributed by atoms with Crippen molar-refractivity contribution in [1.29, 1.82) is 0 Å². The molecule has 3 heterocycles. The molecule has 6 heteroatoms. The van der Waals surface area contributed by atoms with E-state index in [0.717, 1.165) is 22.5 Å². The standard InChI is InChI=1S/C19H15FN4O/c1-24(12-13-5-7-14(20)8-6-13)17-10-9-15-18(23-25-19(15)22-17)16-4-2-3-11-21-16/h2-11H,12H2,1H3. The van der Waals surface area contributed by atoms with Gasteiger partial charge in [-0.1, -0.05) is 23.4 Å². The van der Waals surface area contributed by atoms with Gasteiger partial charge in [-0.15, -0.1) is 0 Å². The minimum Gasteiger partial charge on any atom is -0.355 e. The second-order valence-corrected chi connectivity index (χ2v) is 5.75. The Hall–Kier alpha value is -3.28. The average molecular weight is 334 g/mol. The first-order valence-electron chi connectivity index (χ1n) is 7.84. The average Bonchev–Trinajstić information content (AvgIpc) is 3.07. The van der Waals surface area contributed by atoms with Crippen molar-refractivity contribution in [3.05, 3.63) is 72.2 Å². The molecule has 0 bridgehead atoms. The van der Waals surface area contributed by atoms with Gasteiger partial charge in [-0.3, -0.25) is 4.98 Å². The Morgan fingerprint density at radius 2 is 1.88 bits per heavy atom. The van der Waals surface area contributed by atoms with Crippen LogP contribution < -0.4 is 4.90 Å². The molecule has 1 aromatic carbocycles. The largest absolute Gasteiger partial charge is 0.355 e. The van der Waals surface area contributed by atoms with Crippen molar-refractivity contribution in [2.75, 3.05) is 11.9 Å². The van der Waals surface area contributed by atoms with E-state index in [1.807, 2.05) is 42.3 Å². The topological polar surface area (TPSA) is 55.1 Å². The van der Waals surface area contributed by atoms with E-state index in [1.54, 1.807) is 18.3 Å². The van der Waals surface area contributed by atoms with Crippen LogP contribution in [0.5, 0.6) is 0 Å². The van der Waals surface area contributed by atoms with Gasteiger partial charge in [-0.05, 0) is 42.0 Å². The zero-order valence-electron chi connectivity index (χ0n) is 13.6. The number of nitrogens with zero attached hydrogens (tertiary/aromatic N) is 4. The van der Waals surface area contributed by atoms with E-state index in [4.69, 9.17) is 4.52 Å². The molecule has 0 aliphatic carbocycles. The first-order chi connectivity index (χ1) is 12.2. The predicted molar refractivity (Wildman–Crippen MR) is 93.5 cm³/mol. The Kier molecular flexibility index (Phi) is 3.85. The number of anilines is 1. The number of hydrogen-bond donors (Lipinski definition) is 0. The first kappa shape index (κ1) is 15.3. The monoisotopic (exact) mass is 334 g/mol. The number of hydrogen-bond acceptors (Lipinski definition) is 5. The molecule has 0 aliphatic heterocycles. The highest BCUT2D eigenvalue weighted by atomic mass is 19.1. The third kappa shape index (κ3) is 3.06. The third-order valence-corrected chi connectivity index (χ3v) is 3.96. The number of halogens is 1. The minimum atomic E-state index is -0.241. The number of rotatable bonds is 4. The molecule has 25 heavy (non-hydrogen) atoms. The molecule has 124 valence electrons. The molecule has 0 N–H and O–H groups in total. The zero-order chi connectivity index (χ0) is 17.2. The Balaban J connectivity index is 1.62. The van der Waals surface area contributed by atoms with Crippen molar-refractivity contribution in [3.8, 4) is 11.4 Å². The summed E-state index contributed by atoms with van der Waals surface area (Å²) in [6.45, 7) is 0.611. The number of pyridine rings is 2. The number of fused-ring (bicyclic) bond motifs is 1. The molecule has 0 atom stereocenters. The molecule has 0 saturated carbocycles. The quantitative estimate of drug-likeness (QED) is 0.563. The zero-order valence-corrected chi connectivity index (χ0v) is 13.6. The lowest BCUT2D eigenvalue weighted by Crippen LogP contribution is -2.17. The smallest absolute Gasteiger partial charge is 0.260 e. The lowest BCUT2D eigenvalue weighted by molar-refractivity contribution is 0.451. The van der Waals surface area contributed by atoms with Crippen LogP contribution in [-0.4, -0.2) is 22.2 Å². The summed E-state index contributed by atoms with van der Waals surface area (Å²) in [5.74, 6) is 0.509. The second-order valence-electron chi connectivity index (χ2n) is 5.75. The molecular formula is C19H15FN4O. The van der Waals surface area contributed by atoms with Crippen molar-refractivity contribution < 1.29 is 8.91 Å². The van der Waals surface area contributed by atoms with E-state index in [0.29, 0.717) is 18.0 Å². The van der Waals surface area contributed by atoms with Gasteiger partial charge < -0.3 is 9.42 Å². The van der Waals surface area contributed by atoms with Crippen molar-refractivity contribution >= 4 is 16.9 Å². The highest BCUT2D eigenvalue weighted by Crippen LogP contribution is 2.27. The Labute approximate surface area is 143 Å². The lowest BCUT2D eigenvalue weighted by Gasteiger charge is -2.17. The van der Waals surface area contributed by atoms with Gasteiger partial charge in [0, 0.05) is 19.8 Å². The van der Waals surface area contributed by atoms with Gasteiger partial charge in [0.25, 0.3) is 5.71 Å². The third-order valence-electron chi connectivity index (χ3n) is 3.96. The van der Waals surface area contributed by atoms with Crippen molar-refractivity contribution in [2.24, 2.45) is 0 Å². The van der Waals surface area contributed by atoms with Crippen LogP contribution in [-0.2, 0) is 6.54 Å². The molecule has 4 aromatic rings. The first-order valence-corrected chi connectivity index (χ1v) is 7.84. The van der Waals surface area contributed by atoms with E-state index in [9.17, 15) is 4.39 Å². The predicted octanol–water partition coefficient (Wildman–Crippen LogP) is 4.06. The van der Waals surface area contributed by atoms with Crippen molar-refractivity contribution in [2.45, 2.75) is 6.54 Å². The second kappa shape index (κ2) is 6.32. The summed E-state index contributed by atoms with van der Waals surface area (Å²) in [6.07, 6.45) is 1.72. The number of benzene rings is 1. The number of aromatic nitrogens is 3. The van der Waals surface area contributed by atoms with Crippen LogP contribution in [0.1, 0.15) is 5.56 Å². The van der Waals surface area contributed by atoms with Crippen molar-refractivity contribution in [3.63, 3.8) is 0 Å². The normalized spacial score (nSPS) is 11.0. The van der Waals surface area contributed by atoms with Gasteiger partial charge in [0.2, 0.25) is 0 Å². The van der Waals surface area contributed by atoms with Crippen LogP contribution in [0.4, 0.5) is 10.2 Å². The Bertz CT molecular complexity index is 999. The highest BCUT2D eigenvalue weighted by Gasteiger charge is 2.14. The molecule has 0 aliphatic rings. The summed E-state index contributed by atoms with van der Waals surface area (Å²) in [6, 6.07) is 15.9. The van der Waals surface area contributed by atoms with Crippen LogP contribution in [0.2, 0.25) is 0 Å². The summed E-state index contributed by atoms with van der Waals surface area (Å²) in [5, 5.41) is 4.92.